The average molecular weight is 326 g/mol. The van der Waals surface area contributed by atoms with E-state index in [0.29, 0.717) is 5.82 Å². The predicted molar refractivity (Wildman–Crippen MR) is 93.2 cm³/mol. The molecule has 1 aliphatic heterocycles. The van der Waals surface area contributed by atoms with Gasteiger partial charge in [-0.2, -0.15) is 0 Å². The van der Waals surface area contributed by atoms with Crippen LogP contribution in [0.4, 0.5) is 17.3 Å². The Morgan fingerprint density at radius 1 is 1.12 bits per heavy atom. The molecule has 1 aliphatic rings. The minimum Gasteiger partial charge on any atom is -0.352 e. The number of hydrogen-bond acceptors (Lipinski definition) is 6. The average Bonchev–Trinajstić information content (AvgIpc) is 2.63. The van der Waals surface area contributed by atoms with E-state index >= 15 is 0 Å². The summed E-state index contributed by atoms with van der Waals surface area (Å²) in [5.74, 6) is 1.79. The second kappa shape index (κ2) is 7.25. The Labute approximate surface area is 141 Å². The molecule has 0 aliphatic carbocycles. The number of carbonyl (C=O) groups is 1. The van der Waals surface area contributed by atoms with Gasteiger partial charge in [-0.05, 0) is 24.3 Å². The topological polar surface area (TPSA) is 74.2 Å². The Morgan fingerprint density at radius 3 is 2.50 bits per heavy atom. The van der Waals surface area contributed by atoms with Crippen LogP contribution in [0.3, 0.4) is 0 Å². The monoisotopic (exact) mass is 326 g/mol. The molecule has 1 fully saturated rings. The van der Waals surface area contributed by atoms with E-state index in [-0.39, 0.29) is 11.8 Å². The molecule has 7 nitrogen and oxygen atoms in total. The highest BCUT2D eigenvalue weighted by Gasteiger charge is 2.23. The molecular weight excluding hydrogens is 304 g/mol. The molecule has 3 heterocycles. The van der Waals surface area contributed by atoms with Crippen LogP contribution < -0.4 is 10.2 Å². The zero-order valence-corrected chi connectivity index (χ0v) is 14.0. The minimum absolute atomic E-state index is 0.0502. The minimum atomic E-state index is 0.0502. The fraction of sp³-hybridized carbons (Fsp3) is 0.412. The molecule has 0 bridgehead atoms. The summed E-state index contributed by atoms with van der Waals surface area (Å²) in [7, 11) is 0. The first-order valence-electron chi connectivity index (χ1n) is 8.18. The summed E-state index contributed by atoms with van der Waals surface area (Å²) in [6.45, 7) is 6.90. The van der Waals surface area contributed by atoms with E-state index in [9.17, 15) is 4.79 Å². The number of aromatic nitrogens is 3. The van der Waals surface area contributed by atoms with Gasteiger partial charge in [0, 0.05) is 38.3 Å². The summed E-state index contributed by atoms with van der Waals surface area (Å²) in [6, 6.07) is 7.64. The molecule has 0 spiro atoms. The fourth-order valence-electron chi connectivity index (χ4n) is 2.67. The van der Waals surface area contributed by atoms with Crippen molar-refractivity contribution in [3.05, 3.63) is 36.7 Å². The fourth-order valence-corrected chi connectivity index (χ4v) is 2.67. The van der Waals surface area contributed by atoms with Crippen molar-refractivity contribution in [3.8, 4) is 0 Å². The summed E-state index contributed by atoms with van der Waals surface area (Å²) in [6.07, 6.45) is 3.46. The Morgan fingerprint density at radius 2 is 1.92 bits per heavy atom. The maximum Gasteiger partial charge on any atom is 0.225 e. The Balaban J connectivity index is 1.58. The molecule has 7 heteroatoms. The van der Waals surface area contributed by atoms with Gasteiger partial charge in [-0.25, -0.2) is 0 Å². The van der Waals surface area contributed by atoms with Crippen molar-refractivity contribution < 1.29 is 4.79 Å². The number of anilines is 3. The summed E-state index contributed by atoms with van der Waals surface area (Å²) in [5.41, 5.74) is 0.875. The number of amides is 1. The molecule has 0 aromatic carbocycles. The second-order valence-corrected chi connectivity index (χ2v) is 6.11. The van der Waals surface area contributed by atoms with Gasteiger partial charge in [0.25, 0.3) is 0 Å². The highest BCUT2D eigenvalue weighted by molar-refractivity contribution is 5.78. The van der Waals surface area contributed by atoms with E-state index in [1.54, 1.807) is 12.4 Å². The van der Waals surface area contributed by atoms with Gasteiger partial charge in [0.05, 0.1) is 11.9 Å². The van der Waals surface area contributed by atoms with Crippen molar-refractivity contribution in [1.29, 1.82) is 0 Å². The smallest absolute Gasteiger partial charge is 0.225 e. The SMILES string of the molecule is CC(C)C(=O)N1CCN(c2ccc(Nc3cccnc3)nn2)CC1. The quantitative estimate of drug-likeness (QED) is 0.925. The molecule has 0 atom stereocenters. The van der Waals surface area contributed by atoms with E-state index in [2.05, 4.69) is 25.4 Å². The summed E-state index contributed by atoms with van der Waals surface area (Å²) in [5, 5.41) is 11.7. The van der Waals surface area contributed by atoms with Crippen LogP contribution in [-0.2, 0) is 4.79 Å². The van der Waals surface area contributed by atoms with Crippen LogP contribution in [0.1, 0.15) is 13.8 Å². The highest BCUT2D eigenvalue weighted by Crippen LogP contribution is 2.17. The van der Waals surface area contributed by atoms with Crippen LogP contribution in [0, 0.1) is 5.92 Å². The van der Waals surface area contributed by atoms with Crippen LogP contribution in [0.5, 0.6) is 0 Å². The van der Waals surface area contributed by atoms with Crippen LogP contribution in [-0.4, -0.2) is 52.2 Å². The number of pyridine rings is 1. The van der Waals surface area contributed by atoms with Gasteiger partial charge in [0.1, 0.15) is 0 Å². The zero-order valence-electron chi connectivity index (χ0n) is 14.0. The van der Waals surface area contributed by atoms with Crippen molar-refractivity contribution >= 4 is 23.2 Å². The second-order valence-electron chi connectivity index (χ2n) is 6.11. The molecule has 0 saturated carbocycles. The Bertz CT molecular complexity index is 665. The summed E-state index contributed by atoms with van der Waals surface area (Å²) in [4.78, 5) is 20.2. The molecule has 2 aromatic heterocycles. The Kier molecular flexibility index (Phi) is 4.88. The van der Waals surface area contributed by atoms with Gasteiger partial charge in [-0.15, -0.1) is 10.2 Å². The number of carbonyl (C=O) groups excluding carboxylic acids is 1. The largest absolute Gasteiger partial charge is 0.352 e. The highest BCUT2D eigenvalue weighted by atomic mass is 16.2. The van der Waals surface area contributed by atoms with E-state index in [1.807, 2.05) is 43.0 Å². The normalized spacial score (nSPS) is 14.8. The number of nitrogens with one attached hydrogen (secondary N) is 1. The predicted octanol–water partition coefficient (Wildman–Crippen LogP) is 1.92. The molecule has 1 N–H and O–H groups in total. The summed E-state index contributed by atoms with van der Waals surface area (Å²) >= 11 is 0. The van der Waals surface area contributed by atoms with Crippen LogP contribution in [0.15, 0.2) is 36.7 Å². The third-order valence-electron chi connectivity index (χ3n) is 3.99. The lowest BCUT2D eigenvalue weighted by Gasteiger charge is -2.36. The molecule has 1 amide bonds. The number of hydrogen-bond donors (Lipinski definition) is 1. The lowest BCUT2D eigenvalue weighted by molar-refractivity contribution is -0.134. The van der Waals surface area contributed by atoms with Gasteiger partial charge in [0.2, 0.25) is 5.91 Å². The number of piperazine rings is 1. The van der Waals surface area contributed by atoms with Gasteiger partial charge >= 0.3 is 0 Å². The molecule has 126 valence electrons. The maximum atomic E-state index is 12.0. The van der Waals surface area contributed by atoms with Crippen molar-refractivity contribution in [2.24, 2.45) is 5.92 Å². The van der Waals surface area contributed by atoms with Crippen molar-refractivity contribution in [2.75, 3.05) is 36.4 Å². The first-order chi connectivity index (χ1) is 11.6. The van der Waals surface area contributed by atoms with Gasteiger partial charge in [-0.1, -0.05) is 13.8 Å². The molecule has 2 aromatic rings. The lowest BCUT2D eigenvalue weighted by Crippen LogP contribution is -2.50. The first-order valence-corrected chi connectivity index (χ1v) is 8.18. The van der Waals surface area contributed by atoms with Crippen molar-refractivity contribution in [2.45, 2.75) is 13.8 Å². The van der Waals surface area contributed by atoms with E-state index in [4.69, 9.17) is 0 Å². The Hall–Kier alpha value is -2.70. The molecule has 3 rings (SSSR count). The zero-order chi connectivity index (χ0) is 16.9. The first kappa shape index (κ1) is 16.2. The number of nitrogens with zero attached hydrogens (tertiary/aromatic N) is 5. The molecular formula is C17H22N6O. The van der Waals surface area contributed by atoms with E-state index in [0.717, 1.165) is 37.7 Å². The van der Waals surface area contributed by atoms with Gasteiger partial charge in [-0.3, -0.25) is 9.78 Å². The van der Waals surface area contributed by atoms with E-state index < -0.39 is 0 Å². The van der Waals surface area contributed by atoms with Crippen molar-refractivity contribution in [3.63, 3.8) is 0 Å². The molecule has 0 radical (unpaired) electrons. The third kappa shape index (κ3) is 3.79. The van der Waals surface area contributed by atoms with Crippen LogP contribution >= 0.6 is 0 Å². The summed E-state index contributed by atoms with van der Waals surface area (Å²) < 4.78 is 0. The van der Waals surface area contributed by atoms with Gasteiger partial charge < -0.3 is 15.1 Å². The van der Waals surface area contributed by atoms with Crippen LogP contribution in [0.25, 0.3) is 0 Å². The lowest BCUT2D eigenvalue weighted by atomic mass is 10.1. The van der Waals surface area contributed by atoms with Crippen LogP contribution in [0.2, 0.25) is 0 Å². The molecule has 1 saturated heterocycles. The number of rotatable bonds is 4. The standard InChI is InChI=1S/C17H22N6O/c1-13(2)17(24)23-10-8-22(9-11-23)16-6-5-15(20-21-16)19-14-4-3-7-18-12-14/h3-7,12-13H,8-11H2,1-2H3,(H,19,20). The van der Waals surface area contributed by atoms with Gasteiger partial charge in [0.15, 0.2) is 11.6 Å². The molecule has 0 unspecified atom stereocenters. The van der Waals surface area contributed by atoms with Crippen molar-refractivity contribution in [1.82, 2.24) is 20.1 Å². The maximum absolute atomic E-state index is 12.0. The molecule has 24 heavy (non-hydrogen) atoms. The van der Waals surface area contributed by atoms with E-state index in [1.165, 1.54) is 0 Å². The third-order valence-corrected chi connectivity index (χ3v) is 3.99.